The van der Waals surface area contributed by atoms with E-state index in [0.29, 0.717) is 0 Å². The fourth-order valence-corrected chi connectivity index (χ4v) is 3.85. The first-order valence-corrected chi connectivity index (χ1v) is 9.74. The molecule has 0 radical (unpaired) electrons. The lowest BCUT2D eigenvalue weighted by molar-refractivity contribution is 0.253. The molecule has 1 aliphatic rings. The SMILES string of the molecule is COc1cnc(C)nc1N1CCN(CCCc2c[nH]c3ccc(F)cc23)CC1. The highest BCUT2D eigenvalue weighted by Gasteiger charge is 2.21. The van der Waals surface area contributed by atoms with E-state index in [1.165, 1.54) is 11.6 Å². The zero-order valence-electron chi connectivity index (χ0n) is 16.4. The van der Waals surface area contributed by atoms with E-state index >= 15 is 0 Å². The zero-order chi connectivity index (χ0) is 19.5. The second-order valence-corrected chi connectivity index (χ2v) is 7.25. The molecule has 3 aromatic rings. The van der Waals surface area contributed by atoms with E-state index in [1.54, 1.807) is 25.4 Å². The molecule has 0 spiro atoms. The van der Waals surface area contributed by atoms with Crippen LogP contribution in [0.5, 0.6) is 5.75 Å². The van der Waals surface area contributed by atoms with Gasteiger partial charge in [-0.25, -0.2) is 14.4 Å². The summed E-state index contributed by atoms with van der Waals surface area (Å²) in [5, 5.41) is 0.996. The Morgan fingerprint density at radius 2 is 2.04 bits per heavy atom. The minimum absolute atomic E-state index is 0.181. The van der Waals surface area contributed by atoms with Crippen LogP contribution in [0.4, 0.5) is 10.2 Å². The molecule has 0 amide bonds. The molecule has 0 saturated carbocycles. The normalized spacial score (nSPS) is 15.3. The number of aromatic amines is 1. The second kappa shape index (κ2) is 8.14. The van der Waals surface area contributed by atoms with Crippen LogP contribution in [0.2, 0.25) is 0 Å². The number of benzene rings is 1. The Morgan fingerprint density at radius 3 is 2.82 bits per heavy atom. The molecule has 1 saturated heterocycles. The predicted molar refractivity (Wildman–Crippen MR) is 109 cm³/mol. The van der Waals surface area contributed by atoms with Crippen molar-refractivity contribution in [1.82, 2.24) is 19.9 Å². The van der Waals surface area contributed by atoms with Crippen molar-refractivity contribution < 1.29 is 9.13 Å². The van der Waals surface area contributed by atoms with Gasteiger partial charge >= 0.3 is 0 Å². The number of fused-ring (bicyclic) bond motifs is 1. The highest BCUT2D eigenvalue weighted by molar-refractivity contribution is 5.83. The average Bonchev–Trinajstić information content (AvgIpc) is 3.10. The number of piperazine rings is 1. The maximum Gasteiger partial charge on any atom is 0.179 e. The summed E-state index contributed by atoms with van der Waals surface area (Å²) >= 11 is 0. The largest absolute Gasteiger partial charge is 0.491 e. The van der Waals surface area contributed by atoms with Crippen LogP contribution in [0, 0.1) is 12.7 Å². The van der Waals surface area contributed by atoms with Gasteiger partial charge in [0.15, 0.2) is 11.6 Å². The van der Waals surface area contributed by atoms with Crippen molar-refractivity contribution in [2.75, 3.05) is 44.7 Å². The third-order valence-corrected chi connectivity index (χ3v) is 5.40. The molecule has 0 aliphatic carbocycles. The third-order valence-electron chi connectivity index (χ3n) is 5.40. The molecule has 6 nitrogen and oxygen atoms in total. The molecule has 1 fully saturated rings. The lowest BCUT2D eigenvalue weighted by Crippen LogP contribution is -2.47. The average molecular weight is 383 g/mol. The molecule has 2 aromatic heterocycles. The number of anilines is 1. The van der Waals surface area contributed by atoms with Crippen LogP contribution in [0.3, 0.4) is 0 Å². The molecule has 4 rings (SSSR count). The number of methoxy groups -OCH3 is 1. The molecular formula is C21H26FN5O. The van der Waals surface area contributed by atoms with Gasteiger partial charge in [0.25, 0.3) is 0 Å². The van der Waals surface area contributed by atoms with Crippen molar-refractivity contribution >= 4 is 16.7 Å². The van der Waals surface area contributed by atoms with E-state index in [4.69, 9.17) is 4.74 Å². The van der Waals surface area contributed by atoms with Crippen LogP contribution in [0.1, 0.15) is 17.8 Å². The summed E-state index contributed by atoms with van der Waals surface area (Å²) in [6.07, 6.45) is 5.75. The molecule has 0 atom stereocenters. The summed E-state index contributed by atoms with van der Waals surface area (Å²) in [4.78, 5) is 16.8. The number of ether oxygens (including phenoxy) is 1. The Balaban J connectivity index is 1.30. The number of hydrogen-bond donors (Lipinski definition) is 1. The Hall–Kier alpha value is -2.67. The van der Waals surface area contributed by atoms with Gasteiger partial charge in [0, 0.05) is 43.3 Å². The number of halogens is 1. The van der Waals surface area contributed by atoms with Crippen molar-refractivity contribution in [1.29, 1.82) is 0 Å². The number of aryl methyl sites for hydroxylation is 2. The number of rotatable bonds is 6. The quantitative estimate of drug-likeness (QED) is 0.709. The molecule has 0 unspecified atom stereocenters. The predicted octanol–water partition coefficient (Wildman–Crippen LogP) is 3.17. The van der Waals surface area contributed by atoms with Gasteiger partial charge in [-0.3, -0.25) is 4.90 Å². The van der Waals surface area contributed by atoms with Crippen LogP contribution in [-0.2, 0) is 6.42 Å². The summed E-state index contributed by atoms with van der Waals surface area (Å²) in [5.74, 6) is 2.19. The fraction of sp³-hybridized carbons (Fsp3) is 0.429. The van der Waals surface area contributed by atoms with Crippen LogP contribution in [0.25, 0.3) is 10.9 Å². The van der Waals surface area contributed by atoms with Crippen molar-refractivity contribution in [3.63, 3.8) is 0 Å². The highest BCUT2D eigenvalue weighted by Crippen LogP contribution is 2.26. The summed E-state index contributed by atoms with van der Waals surface area (Å²) in [5.41, 5.74) is 2.19. The highest BCUT2D eigenvalue weighted by atomic mass is 19.1. The molecule has 148 valence electrons. The molecule has 0 bridgehead atoms. The first-order chi connectivity index (χ1) is 13.6. The van der Waals surface area contributed by atoms with E-state index in [2.05, 4.69) is 24.8 Å². The lowest BCUT2D eigenvalue weighted by Gasteiger charge is -2.35. The van der Waals surface area contributed by atoms with Gasteiger partial charge in [0.2, 0.25) is 0 Å². The first-order valence-electron chi connectivity index (χ1n) is 9.74. The Bertz CT molecular complexity index is 949. The molecular weight excluding hydrogens is 357 g/mol. The summed E-state index contributed by atoms with van der Waals surface area (Å²) < 4.78 is 18.9. The number of hydrogen-bond acceptors (Lipinski definition) is 5. The molecule has 1 aromatic carbocycles. The van der Waals surface area contributed by atoms with Gasteiger partial charge < -0.3 is 14.6 Å². The van der Waals surface area contributed by atoms with E-state index in [9.17, 15) is 4.39 Å². The van der Waals surface area contributed by atoms with Crippen molar-refractivity contribution in [2.24, 2.45) is 0 Å². The minimum Gasteiger partial charge on any atom is -0.491 e. The van der Waals surface area contributed by atoms with Gasteiger partial charge in [-0.15, -0.1) is 0 Å². The first kappa shape index (κ1) is 18.7. The van der Waals surface area contributed by atoms with E-state index in [-0.39, 0.29) is 5.82 Å². The van der Waals surface area contributed by atoms with E-state index in [1.807, 2.05) is 13.1 Å². The summed E-state index contributed by atoms with van der Waals surface area (Å²) in [6.45, 7) is 6.77. The Kier molecular flexibility index (Phi) is 5.43. The smallest absolute Gasteiger partial charge is 0.179 e. The molecule has 1 aliphatic heterocycles. The monoisotopic (exact) mass is 383 g/mol. The van der Waals surface area contributed by atoms with Gasteiger partial charge in [0.1, 0.15) is 11.6 Å². The number of nitrogens with one attached hydrogen (secondary N) is 1. The minimum atomic E-state index is -0.181. The molecule has 28 heavy (non-hydrogen) atoms. The number of H-pyrrole nitrogens is 1. The fourth-order valence-electron chi connectivity index (χ4n) is 3.85. The van der Waals surface area contributed by atoms with Gasteiger partial charge in [0.05, 0.1) is 13.3 Å². The zero-order valence-corrected chi connectivity index (χ0v) is 16.4. The van der Waals surface area contributed by atoms with Crippen molar-refractivity contribution in [2.45, 2.75) is 19.8 Å². The van der Waals surface area contributed by atoms with Gasteiger partial charge in [-0.05, 0) is 50.1 Å². The molecule has 7 heteroatoms. The van der Waals surface area contributed by atoms with Crippen LogP contribution < -0.4 is 9.64 Å². The maximum absolute atomic E-state index is 13.5. The standard InChI is InChI=1S/C21H26FN5O/c1-15-23-14-20(28-2)21(25-15)27-10-8-26(9-11-27)7-3-4-16-13-24-19-6-5-17(22)12-18(16)19/h5-6,12-14,24H,3-4,7-11H2,1-2H3. The Labute approximate surface area is 164 Å². The topological polar surface area (TPSA) is 57.3 Å². The van der Waals surface area contributed by atoms with Crippen LogP contribution in [0.15, 0.2) is 30.6 Å². The molecule has 1 N–H and O–H groups in total. The Morgan fingerprint density at radius 1 is 1.21 bits per heavy atom. The van der Waals surface area contributed by atoms with E-state index < -0.39 is 0 Å². The van der Waals surface area contributed by atoms with Crippen molar-refractivity contribution in [3.05, 3.63) is 47.8 Å². The van der Waals surface area contributed by atoms with Crippen LogP contribution >= 0.6 is 0 Å². The number of nitrogens with zero attached hydrogens (tertiary/aromatic N) is 4. The third kappa shape index (κ3) is 3.94. The van der Waals surface area contributed by atoms with Crippen molar-refractivity contribution in [3.8, 4) is 5.75 Å². The number of aromatic nitrogens is 3. The lowest BCUT2D eigenvalue weighted by atomic mass is 10.1. The van der Waals surface area contributed by atoms with Crippen LogP contribution in [-0.4, -0.2) is 59.7 Å². The summed E-state index contributed by atoms with van der Waals surface area (Å²) in [7, 11) is 1.66. The van der Waals surface area contributed by atoms with Gasteiger partial charge in [-0.2, -0.15) is 0 Å². The van der Waals surface area contributed by atoms with Gasteiger partial charge in [-0.1, -0.05) is 0 Å². The summed E-state index contributed by atoms with van der Waals surface area (Å²) in [6, 6.07) is 4.92. The molecule has 3 heterocycles. The van der Waals surface area contributed by atoms with E-state index in [0.717, 1.165) is 73.9 Å². The second-order valence-electron chi connectivity index (χ2n) is 7.25. The maximum atomic E-state index is 13.5.